The summed E-state index contributed by atoms with van der Waals surface area (Å²) in [6.45, 7) is 3.11. The highest BCUT2D eigenvalue weighted by Gasteiger charge is 2.23. The molecule has 0 saturated carbocycles. The number of carbonyl (C=O) groups is 1. The molecule has 2 aromatic carbocycles. The minimum absolute atomic E-state index is 0.0569. The molecule has 0 radical (unpaired) electrons. The van der Waals surface area contributed by atoms with E-state index in [1.165, 1.54) is 30.5 Å². The van der Waals surface area contributed by atoms with E-state index in [1.807, 2.05) is 6.07 Å². The Morgan fingerprint density at radius 3 is 2.25 bits per heavy atom. The van der Waals surface area contributed by atoms with Crippen molar-refractivity contribution in [2.24, 2.45) is 5.10 Å². The number of sulfonamides is 1. The predicted octanol–water partition coefficient (Wildman–Crippen LogP) is 2.13. The molecule has 0 saturated heterocycles. The number of hydrogen-bond acceptors (Lipinski definition) is 6. The van der Waals surface area contributed by atoms with Crippen molar-refractivity contribution in [2.45, 2.75) is 13.8 Å². The van der Waals surface area contributed by atoms with Crippen LogP contribution in [-0.4, -0.2) is 38.3 Å². The van der Waals surface area contributed by atoms with Gasteiger partial charge in [-0.25, -0.2) is 13.8 Å². The van der Waals surface area contributed by atoms with Crippen molar-refractivity contribution in [2.75, 3.05) is 17.1 Å². The fourth-order valence-corrected chi connectivity index (χ4v) is 3.56. The number of hydrazone groups is 1. The van der Waals surface area contributed by atoms with Crippen molar-refractivity contribution < 1.29 is 18.1 Å². The monoisotopic (exact) mass is 404 g/mol. The number of nitro benzene ring substituents is 1. The summed E-state index contributed by atoms with van der Waals surface area (Å²) in [6.07, 6.45) is 2.34. The molecule has 0 aliphatic carbocycles. The number of para-hydroxylation sites is 1. The van der Waals surface area contributed by atoms with E-state index >= 15 is 0 Å². The average Bonchev–Trinajstić information content (AvgIpc) is 2.60. The second-order valence-electron chi connectivity index (χ2n) is 6.15. The number of anilines is 1. The topological polar surface area (TPSA) is 122 Å². The molecule has 0 unspecified atom stereocenters. The van der Waals surface area contributed by atoms with Crippen LogP contribution in [0.1, 0.15) is 16.7 Å². The van der Waals surface area contributed by atoms with Crippen LogP contribution in [-0.2, 0) is 14.8 Å². The third kappa shape index (κ3) is 5.36. The molecule has 9 nitrogen and oxygen atoms in total. The van der Waals surface area contributed by atoms with Crippen LogP contribution in [0.15, 0.2) is 47.6 Å². The van der Waals surface area contributed by atoms with Crippen LogP contribution in [0.25, 0.3) is 0 Å². The summed E-state index contributed by atoms with van der Waals surface area (Å²) in [6, 6.07) is 10.9. The number of hydrogen-bond donors (Lipinski definition) is 1. The Hall–Kier alpha value is -3.27. The van der Waals surface area contributed by atoms with Gasteiger partial charge in [0.15, 0.2) is 0 Å². The maximum atomic E-state index is 12.2. The van der Waals surface area contributed by atoms with Crippen LogP contribution in [0.2, 0.25) is 0 Å². The summed E-state index contributed by atoms with van der Waals surface area (Å²) >= 11 is 0. The smallest absolute Gasteiger partial charge is 0.269 e. The van der Waals surface area contributed by atoms with Gasteiger partial charge in [0.1, 0.15) is 6.54 Å². The van der Waals surface area contributed by atoms with Crippen LogP contribution in [0.3, 0.4) is 0 Å². The number of nitro groups is 1. The van der Waals surface area contributed by atoms with Gasteiger partial charge in [0.25, 0.3) is 11.6 Å². The molecule has 0 fully saturated rings. The zero-order chi connectivity index (χ0) is 20.9. The van der Waals surface area contributed by atoms with Crippen LogP contribution in [0, 0.1) is 24.0 Å². The molecule has 0 spiro atoms. The van der Waals surface area contributed by atoms with Gasteiger partial charge in [-0.05, 0) is 42.7 Å². The molecular weight excluding hydrogens is 384 g/mol. The van der Waals surface area contributed by atoms with Crippen molar-refractivity contribution >= 4 is 33.5 Å². The lowest BCUT2D eigenvalue weighted by molar-refractivity contribution is -0.384. The normalized spacial score (nSPS) is 11.4. The van der Waals surface area contributed by atoms with E-state index < -0.39 is 27.4 Å². The number of carbonyl (C=O) groups excluding carboxylic acids is 1. The number of rotatable bonds is 7. The second kappa shape index (κ2) is 8.61. The highest BCUT2D eigenvalue weighted by molar-refractivity contribution is 7.92. The Morgan fingerprint density at radius 2 is 1.75 bits per heavy atom. The first-order valence-electron chi connectivity index (χ1n) is 8.20. The highest BCUT2D eigenvalue weighted by Crippen LogP contribution is 2.26. The summed E-state index contributed by atoms with van der Waals surface area (Å²) in [5.74, 6) is -0.619. The fourth-order valence-electron chi connectivity index (χ4n) is 2.59. The lowest BCUT2D eigenvalue weighted by atomic mass is 10.1. The maximum absolute atomic E-state index is 12.2. The Balaban J connectivity index is 2.11. The maximum Gasteiger partial charge on any atom is 0.269 e. The van der Waals surface area contributed by atoms with E-state index in [0.29, 0.717) is 11.3 Å². The van der Waals surface area contributed by atoms with E-state index in [9.17, 15) is 23.3 Å². The molecule has 1 N–H and O–H groups in total. The molecule has 148 valence electrons. The van der Waals surface area contributed by atoms with Gasteiger partial charge in [0.2, 0.25) is 10.0 Å². The lowest BCUT2D eigenvalue weighted by Crippen LogP contribution is -2.39. The summed E-state index contributed by atoms with van der Waals surface area (Å²) in [4.78, 5) is 22.3. The van der Waals surface area contributed by atoms with Gasteiger partial charge in [-0.1, -0.05) is 18.2 Å². The molecule has 28 heavy (non-hydrogen) atoms. The van der Waals surface area contributed by atoms with E-state index in [1.54, 1.807) is 26.0 Å². The molecule has 2 aromatic rings. The van der Waals surface area contributed by atoms with E-state index in [2.05, 4.69) is 10.5 Å². The van der Waals surface area contributed by atoms with Crippen molar-refractivity contribution in [3.05, 3.63) is 69.3 Å². The first kappa shape index (κ1) is 21.0. The first-order valence-corrected chi connectivity index (χ1v) is 10.0. The van der Waals surface area contributed by atoms with Crippen LogP contribution < -0.4 is 9.73 Å². The zero-order valence-electron chi connectivity index (χ0n) is 15.6. The summed E-state index contributed by atoms with van der Waals surface area (Å²) in [7, 11) is -3.69. The fraction of sp³-hybridized carbons (Fsp3) is 0.222. The third-order valence-corrected chi connectivity index (χ3v) is 5.00. The molecule has 2 rings (SSSR count). The number of aryl methyl sites for hydroxylation is 2. The minimum Gasteiger partial charge on any atom is -0.271 e. The van der Waals surface area contributed by atoms with Gasteiger partial charge in [-0.2, -0.15) is 5.10 Å². The number of nitrogens with zero attached hydrogens (tertiary/aromatic N) is 3. The summed E-state index contributed by atoms with van der Waals surface area (Å²) in [5.41, 5.74) is 4.67. The number of benzene rings is 2. The third-order valence-electron chi connectivity index (χ3n) is 3.88. The molecule has 0 bridgehead atoms. The van der Waals surface area contributed by atoms with Crippen LogP contribution in [0.5, 0.6) is 0 Å². The van der Waals surface area contributed by atoms with Crippen molar-refractivity contribution in [3.63, 3.8) is 0 Å². The number of amides is 1. The number of nitrogens with one attached hydrogen (secondary N) is 1. The highest BCUT2D eigenvalue weighted by atomic mass is 32.2. The molecule has 0 heterocycles. The lowest BCUT2D eigenvalue weighted by Gasteiger charge is -2.25. The van der Waals surface area contributed by atoms with Gasteiger partial charge in [0, 0.05) is 12.1 Å². The Labute approximate surface area is 162 Å². The Morgan fingerprint density at radius 1 is 1.18 bits per heavy atom. The first-order chi connectivity index (χ1) is 13.1. The van der Waals surface area contributed by atoms with Crippen molar-refractivity contribution in [1.82, 2.24) is 5.43 Å². The average molecular weight is 404 g/mol. The molecule has 0 aliphatic heterocycles. The van der Waals surface area contributed by atoms with Gasteiger partial charge < -0.3 is 0 Å². The quantitative estimate of drug-likeness (QED) is 0.430. The van der Waals surface area contributed by atoms with Gasteiger partial charge in [-0.3, -0.25) is 19.2 Å². The molecule has 0 aromatic heterocycles. The van der Waals surface area contributed by atoms with E-state index in [4.69, 9.17) is 0 Å². The largest absolute Gasteiger partial charge is 0.271 e. The van der Waals surface area contributed by atoms with Crippen molar-refractivity contribution in [1.29, 1.82) is 0 Å². The second-order valence-corrected chi connectivity index (χ2v) is 8.06. The standard InChI is InChI=1S/C18H20N4O5S/c1-13-5-4-6-14(2)18(13)21(28(3,26)27)12-17(23)20-19-11-15-7-9-16(10-8-15)22(24)25/h4-11H,12H2,1-3H3,(H,20,23). The van der Waals surface area contributed by atoms with Gasteiger partial charge >= 0.3 is 0 Å². The zero-order valence-corrected chi connectivity index (χ0v) is 16.4. The molecule has 1 amide bonds. The van der Waals surface area contributed by atoms with E-state index in [0.717, 1.165) is 21.7 Å². The SMILES string of the molecule is Cc1cccc(C)c1N(CC(=O)NN=Cc1ccc([N+](=O)[O-])cc1)S(C)(=O)=O. The van der Waals surface area contributed by atoms with Crippen molar-refractivity contribution in [3.8, 4) is 0 Å². The molecule has 0 aliphatic rings. The number of non-ortho nitro benzene ring substituents is 1. The van der Waals surface area contributed by atoms with Gasteiger partial charge in [0.05, 0.1) is 23.1 Å². The predicted molar refractivity (Wildman–Crippen MR) is 107 cm³/mol. The molecular formula is C18H20N4O5S. The van der Waals surface area contributed by atoms with Crippen LogP contribution in [0.4, 0.5) is 11.4 Å². The van der Waals surface area contributed by atoms with E-state index in [-0.39, 0.29) is 5.69 Å². The van der Waals surface area contributed by atoms with Gasteiger partial charge in [-0.15, -0.1) is 0 Å². The molecule has 0 atom stereocenters. The Bertz CT molecular complexity index is 997. The molecule has 10 heteroatoms. The van der Waals surface area contributed by atoms with Crippen LogP contribution >= 0.6 is 0 Å². The Kier molecular flexibility index (Phi) is 6.47. The summed E-state index contributed by atoms with van der Waals surface area (Å²) < 4.78 is 25.4. The summed E-state index contributed by atoms with van der Waals surface area (Å²) in [5, 5.41) is 14.4. The minimum atomic E-state index is -3.69.